The van der Waals surface area contributed by atoms with Crippen molar-refractivity contribution in [3.05, 3.63) is 108 Å². The van der Waals surface area contributed by atoms with Crippen molar-refractivity contribution in [2.24, 2.45) is 0 Å². The second-order valence-electron chi connectivity index (χ2n) is 11.0. The highest BCUT2D eigenvalue weighted by molar-refractivity contribution is 5.86. The van der Waals surface area contributed by atoms with E-state index >= 15 is 0 Å². The first-order chi connectivity index (χ1) is 22.6. The first kappa shape index (κ1) is 28.5. The average Bonchev–Trinajstić information content (AvgIpc) is 3.48. The summed E-state index contributed by atoms with van der Waals surface area (Å²) >= 11 is 0. The molecular formula is C34H28N12. The van der Waals surface area contributed by atoms with Crippen LogP contribution in [0.15, 0.2) is 85.5 Å². The van der Waals surface area contributed by atoms with Crippen molar-refractivity contribution in [2.75, 3.05) is 24.1 Å². The third-order valence-corrected chi connectivity index (χ3v) is 8.07. The van der Waals surface area contributed by atoms with Crippen LogP contribution in [0.4, 0.5) is 17.3 Å². The summed E-state index contributed by atoms with van der Waals surface area (Å²) in [6.45, 7) is 10.3. The summed E-state index contributed by atoms with van der Waals surface area (Å²) < 4.78 is 1.99. The van der Waals surface area contributed by atoms with Crippen LogP contribution in [0.3, 0.4) is 0 Å². The molecule has 46 heavy (non-hydrogen) atoms. The zero-order chi connectivity index (χ0) is 31.5. The van der Waals surface area contributed by atoms with E-state index in [-0.39, 0.29) is 5.82 Å². The fraction of sp³-hybridized carbons (Fsp3) is 0.176. The number of nitrogens with zero attached hydrogens (tertiary/aromatic N) is 10. The maximum absolute atomic E-state index is 9.07. The Kier molecular flexibility index (Phi) is 7.69. The van der Waals surface area contributed by atoms with Gasteiger partial charge in [0, 0.05) is 61.7 Å². The lowest BCUT2D eigenvalue weighted by Crippen LogP contribution is -2.38. The monoisotopic (exact) mass is 604 g/mol. The number of piperidine rings is 1. The summed E-state index contributed by atoms with van der Waals surface area (Å²) in [4.78, 5) is 32.7. The van der Waals surface area contributed by atoms with Crippen LogP contribution in [0.25, 0.3) is 44.3 Å². The molecule has 224 valence electrons. The summed E-state index contributed by atoms with van der Waals surface area (Å²) in [7, 11) is 0. The molecule has 6 aromatic rings. The number of fused-ring (bicyclic) bond motifs is 1. The molecule has 1 saturated heterocycles. The van der Waals surface area contributed by atoms with Gasteiger partial charge in [-0.25, -0.2) is 29.8 Å². The predicted octanol–water partition coefficient (Wildman–Crippen LogP) is 5.42. The normalized spacial score (nSPS) is 13.7. The van der Waals surface area contributed by atoms with E-state index in [0.717, 1.165) is 38.2 Å². The van der Waals surface area contributed by atoms with Crippen LogP contribution in [0, 0.1) is 17.9 Å². The van der Waals surface area contributed by atoms with Crippen molar-refractivity contribution in [1.29, 1.82) is 5.26 Å². The van der Waals surface area contributed by atoms with Gasteiger partial charge in [-0.05, 0) is 66.9 Å². The van der Waals surface area contributed by atoms with Gasteiger partial charge < -0.3 is 11.1 Å². The molecule has 12 heteroatoms. The van der Waals surface area contributed by atoms with Crippen LogP contribution in [-0.2, 0) is 6.54 Å². The standard InChI is InChI=1S/C34H28N12/c1-37-27-10-15-38-20-26(27)28-8-9-29-34(42-28)46(33(43-29)25-3-2-14-40-32(25)36)24-6-4-22(5-7-24)21-45-17-12-23(13-18-45)41-30-11-16-39-31(19-35)44-30/h2-11,14-16,20,23H,12-13,17-18,21H2,(H2,36,40)(H,39,41,44). The Labute approximate surface area is 265 Å². The number of hydrogen-bond acceptors (Lipinski definition) is 10. The zero-order valence-corrected chi connectivity index (χ0v) is 24.7. The van der Waals surface area contributed by atoms with Gasteiger partial charge in [0.25, 0.3) is 0 Å². The Bertz CT molecular complexity index is 2120. The van der Waals surface area contributed by atoms with Crippen molar-refractivity contribution in [2.45, 2.75) is 25.4 Å². The maximum atomic E-state index is 9.07. The minimum absolute atomic E-state index is 0.171. The van der Waals surface area contributed by atoms with Gasteiger partial charge in [-0.3, -0.25) is 14.5 Å². The molecule has 1 fully saturated rings. The van der Waals surface area contributed by atoms with Gasteiger partial charge in [0.1, 0.15) is 23.2 Å². The third-order valence-electron chi connectivity index (χ3n) is 8.07. The van der Waals surface area contributed by atoms with E-state index < -0.39 is 0 Å². The van der Waals surface area contributed by atoms with E-state index in [1.54, 1.807) is 36.9 Å². The molecule has 1 aliphatic rings. The van der Waals surface area contributed by atoms with Crippen LogP contribution in [0.1, 0.15) is 24.2 Å². The van der Waals surface area contributed by atoms with Crippen LogP contribution in [-0.4, -0.2) is 58.5 Å². The largest absolute Gasteiger partial charge is 0.383 e. The van der Waals surface area contributed by atoms with E-state index in [0.29, 0.717) is 57.2 Å². The predicted molar refractivity (Wildman–Crippen MR) is 175 cm³/mol. The van der Waals surface area contributed by atoms with Gasteiger partial charge in [0.05, 0.1) is 17.8 Å². The van der Waals surface area contributed by atoms with Crippen molar-refractivity contribution in [3.8, 4) is 34.4 Å². The molecule has 0 amide bonds. The molecule has 1 aromatic carbocycles. The van der Waals surface area contributed by atoms with Crippen molar-refractivity contribution < 1.29 is 0 Å². The quantitative estimate of drug-likeness (QED) is 0.226. The van der Waals surface area contributed by atoms with Crippen LogP contribution >= 0.6 is 0 Å². The summed E-state index contributed by atoms with van der Waals surface area (Å²) in [5.41, 5.74) is 12.2. The first-order valence-electron chi connectivity index (χ1n) is 14.8. The maximum Gasteiger partial charge on any atom is 0.234 e. The topological polar surface area (TPSA) is 152 Å². The molecule has 0 spiro atoms. The summed E-state index contributed by atoms with van der Waals surface area (Å²) in [5.74, 6) is 1.87. The number of hydrogen-bond donors (Lipinski definition) is 2. The van der Waals surface area contributed by atoms with Gasteiger partial charge in [-0.15, -0.1) is 0 Å². The minimum Gasteiger partial charge on any atom is -0.383 e. The highest BCUT2D eigenvalue weighted by Crippen LogP contribution is 2.34. The molecule has 5 aromatic heterocycles. The second-order valence-corrected chi connectivity index (χ2v) is 11.0. The lowest BCUT2D eigenvalue weighted by molar-refractivity contribution is 0.211. The van der Waals surface area contributed by atoms with E-state index in [1.165, 1.54) is 5.56 Å². The number of nitrogen functional groups attached to an aromatic ring is 1. The number of rotatable bonds is 7. The van der Waals surface area contributed by atoms with E-state index in [9.17, 15) is 0 Å². The Morgan fingerprint density at radius 3 is 2.57 bits per heavy atom. The third kappa shape index (κ3) is 5.68. The number of nitriles is 1. The Morgan fingerprint density at radius 2 is 1.78 bits per heavy atom. The number of nitrogens with two attached hydrogens (primary N) is 1. The van der Waals surface area contributed by atoms with Gasteiger partial charge in [-0.1, -0.05) is 12.1 Å². The van der Waals surface area contributed by atoms with Gasteiger partial charge in [0.2, 0.25) is 5.82 Å². The molecule has 12 nitrogen and oxygen atoms in total. The molecular weight excluding hydrogens is 576 g/mol. The average molecular weight is 605 g/mol. The Morgan fingerprint density at radius 1 is 0.935 bits per heavy atom. The number of aromatic nitrogens is 7. The molecule has 0 bridgehead atoms. The molecule has 3 N–H and O–H groups in total. The smallest absolute Gasteiger partial charge is 0.234 e. The number of benzene rings is 1. The first-order valence-corrected chi connectivity index (χ1v) is 14.8. The van der Waals surface area contributed by atoms with Crippen LogP contribution in [0.2, 0.25) is 0 Å². The van der Waals surface area contributed by atoms with Gasteiger partial charge in [0.15, 0.2) is 17.2 Å². The van der Waals surface area contributed by atoms with Crippen molar-refractivity contribution in [1.82, 2.24) is 39.4 Å². The molecule has 0 unspecified atom stereocenters. The number of pyridine rings is 3. The summed E-state index contributed by atoms with van der Waals surface area (Å²) in [5, 5.41) is 12.5. The Balaban J connectivity index is 1.15. The molecule has 0 radical (unpaired) electrons. The summed E-state index contributed by atoms with van der Waals surface area (Å²) in [6.07, 6.45) is 8.48. The van der Waals surface area contributed by atoms with Crippen LogP contribution < -0.4 is 11.1 Å². The SMILES string of the molecule is [C-]#[N+]c1ccncc1-c1ccc2nc(-c3cccnc3N)n(-c3ccc(CN4CCC(Nc5ccnc(C#N)n5)CC4)cc3)c2n1. The molecule has 1 aliphatic heterocycles. The summed E-state index contributed by atoms with van der Waals surface area (Å²) in [6, 6.07) is 21.7. The molecule has 0 saturated carbocycles. The van der Waals surface area contributed by atoms with E-state index in [4.69, 9.17) is 27.5 Å². The molecule has 7 rings (SSSR count). The molecule has 0 aliphatic carbocycles. The van der Waals surface area contributed by atoms with Crippen molar-refractivity contribution in [3.63, 3.8) is 0 Å². The fourth-order valence-electron chi connectivity index (χ4n) is 5.77. The highest BCUT2D eigenvalue weighted by atomic mass is 15.2. The zero-order valence-electron chi connectivity index (χ0n) is 24.7. The Hall–Kier alpha value is -6.24. The lowest BCUT2D eigenvalue weighted by atomic mass is 10.0. The lowest BCUT2D eigenvalue weighted by Gasteiger charge is -2.32. The van der Waals surface area contributed by atoms with Gasteiger partial charge in [-0.2, -0.15) is 5.26 Å². The van der Waals surface area contributed by atoms with E-state index in [1.807, 2.05) is 34.9 Å². The second kappa shape index (κ2) is 12.4. The van der Waals surface area contributed by atoms with Crippen molar-refractivity contribution >= 4 is 28.5 Å². The number of nitrogens with one attached hydrogen (secondary N) is 1. The van der Waals surface area contributed by atoms with E-state index in [2.05, 4.69) is 59.3 Å². The number of anilines is 2. The fourth-order valence-corrected chi connectivity index (χ4v) is 5.77. The van der Waals surface area contributed by atoms with Gasteiger partial charge >= 0.3 is 0 Å². The highest BCUT2D eigenvalue weighted by Gasteiger charge is 2.21. The molecule has 0 atom stereocenters. The molecule has 6 heterocycles. The van der Waals surface area contributed by atoms with Crippen LogP contribution in [0.5, 0.6) is 0 Å². The number of imidazole rings is 1. The minimum atomic E-state index is 0.171. The number of likely N-dealkylation sites (tertiary alicyclic amines) is 1.